The molecule has 1 aliphatic heterocycles. The lowest BCUT2D eigenvalue weighted by Gasteiger charge is -2.34. The summed E-state index contributed by atoms with van der Waals surface area (Å²) in [6, 6.07) is 20.0. The van der Waals surface area contributed by atoms with Gasteiger partial charge in [-0.15, -0.1) is 0 Å². The zero-order chi connectivity index (χ0) is 28.6. The summed E-state index contributed by atoms with van der Waals surface area (Å²) in [6.45, 7) is 8.28. The van der Waals surface area contributed by atoms with Crippen molar-refractivity contribution in [2.75, 3.05) is 26.2 Å². The topological polar surface area (TPSA) is 79.3 Å². The Labute approximate surface area is 242 Å². The van der Waals surface area contributed by atoms with Crippen LogP contribution in [0, 0.1) is 6.92 Å². The summed E-state index contributed by atoms with van der Waals surface area (Å²) in [4.78, 5) is 43.1. The van der Waals surface area contributed by atoms with Gasteiger partial charge < -0.3 is 4.90 Å². The molecule has 210 valence electrons. The van der Waals surface area contributed by atoms with E-state index >= 15 is 0 Å². The van der Waals surface area contributed by atoms with Crippen LogP contribution in [0.1, 0.15) is 58.2 Å². The fourth-order valence-electron chi connectivity index (χ4n) is 5.22. The SMILES string of the molecule is CCCC(=O)N1CCN(Cc2ccc(C(=O)Cc3ccc(C)c(Cc4nccc(-c5cccnc5)n4)c3)cc2)CC1. The summed E-state index contributed by atoms with van der Waals surface area (Å²) < 4.78 is 0. The molecule has 0 aliphatic carbocycles. The van der Waals surface area contributed by atoms with Gasteiger partial charge in [-0.05, 0) is 53.8 Å². The van der Waals surface area contributed by atoms with Gasteiger partial charge in [0.05, 0.1) is 5.69 Å². The summed E-state index contributed by atoms with van der Waals surface area (Å²) in [5.41, 5.74) is 6.96. The second kappa shape index (κ2) is 13.4. The predicted octanol–water partition coefficient (Wildman–Crippen LogP) is 5.31. The normalized spacial score (nSPS) is 13.8. The van der Waals surface area contributed by atoms with Gasteiger partial charge in [-0.25, -0.2) is 9.97 Å². The number of aromatic nitrogens is 3. The minimum Gasteiger partial charge on any atom is -0.340 e. The number of aryl methyl sites for hydroxylation is 1. The van der Waals surface area contributed by atoms with Crippen molar-refractivity contribution in [3.63, 3.8) is 0 Å². The van der Waals surface area contributed by atoms with Crippen molar-refractivity contribution in [2.24, 2.45) is 0 Å². The third-order valence-corrected chi connectivity index (χ3v) is 7.66. The number of Topliss-reactive ketones (excluding diaryl/α,β-unsaturated/α-hetero) is 1. The Bertz CT molecular complexity index is 1480. The molecule has 0 spiro atoms. The Hall–Kier alpha value is -4.23. The van der Waals surface area contributed by atoms with Gasteiger partial charge >= 0.3 is 0 Å². The molecule has 0 radical (unpaired) electrons. The van der Waals surface area contributed by atoms with Crippen molar-refractivity contribution < 1.29 is 9.59 Å². The molecule has 1 fully saturated rings. The molecular weight excluding hydrogens is 510 g/mol. The Morgan fingerprint density at radius 3 is 2.41 bits per heavy atom. The Balaban J connectivity index is 1.18. The zero-order valence-electron chi connectivity index (χ0n) is 23.9. The van der Waals surface area contributed by atoms with Crippen LogP contribution >= 0.6 is 0 Å². The van der Waals surface area contributed by atoms with Crippen LogP contribution in [0.3, 0.4) is 0 Å². The highest BCUT2D eigenvalue weighted by Gasteiger charge is 2.20. The third-order valence-electron chi connectivity index (χ3n) is 7.66. The van der Waals surface area contributed by atoms with E-state index < -0.39 is 0 Å². The van der Waals surface area contributed by atoms with E-state index in [0.29, 0.717) is 19.3 Å². The maximum Gasteiger partial charge on any atom is 0.222 e. The molecular formula is C34H37N5O2. The first kappa shape index (κ1) is 28.3. The van der Waals surface area contributed by atoms with Crippen molar-refractivity contribution in [3.05, 3.63) is 113 Å². The van der Waals surface area contributed by atoms with Crippen molar-refractivity contribution >= 4 is 11.7 Å². The van der Waals surface area contributed by atoms with Gasteiger partial charge in [0, 0.05) is 81.7 Å². The average molecular weight is 548 g/mol. The number of nitrogens with zero attached hydrogens (tertiary/aromatic N) is 5. The minimum atomic E-state index is 0.101. The Morgan fingerprint density at radius 2 is 1.68 bits per heavy atom. The molecule has 2 aromatic carbocycles. The second-order valence-corrected chi connectivity index (χ2v) is 10.7. The number of carbonyl (C=O) groups excluding carboxylic acids is 2. The number of hydrogen-bond acceptors (Lipinski definition) is 6. The maximum atomic E-state index is 13.1. The molecule has 0 N–H and O–H groups in total. The fraction of sp³-hybridized carbons (Fsp3) is 0.324. The van der Waals surface area contributed by atoms with Crippen molar-refractivity contribution in [1.82, 2.24) is 24.8 Å². The highest BCUT2D eigenvalue weighted by Crippen LogP contribution is 2.20. The van der Waals surface area contributed by atoms with Gasteiger partial charge in [-0.2, -0.15) is 0 Å². The Morgan fingerprint density at radius 1 is 0.902 bits per heavy atom. The number of carbonyl (C=O) groups is 2. The largest absolute Gasteiger partial charge is 0.340 e. The van der Waals surface area contributed by atoms with Crippen LogP contribution in [-0.2, 0) is 24.2 Å². The summed E-state index contributed by atoms with van der Waals surface area (Å²) in [5.74, 6) is 1.10. The molecule has 0 saturated carbocycles. The van der Waals surface area contributed by atoms with E-state index in [9.17, 15) is 9.59 Å². The summed E-state index contributed by atoms with van der Waals surface area (Å²) in [7, 11) is 0. The van der Waals surface area contributed by atoms with Crippen LogP contribution in [0.2, 0.25) is 0 Å². The monoisotopic (exact) mass is 547 g/mol. The van der Waals surface area contributed by atoms with E-state index in [-0.39, 0.29) is 11.7 Å². The lowest BCUT2D eigenvalue weighted by Crippen LogP contribution is -2.48. The van der Waals surface area contributed by atoms with Gasteiger partial charge in [0.1, 0.15) is 5.82 Å². The molecule has 1 saturated heterocycles. The van der Waals surface area contributed by atoms with Crippen LogP contribution < -0.4 is 0 Å². The molecule has 1 aliphatic rings. The highest BCUT2D eigenvalue weighted by atomic mass is 16.2. The lowest BCUT2D eigenvalue weighted by atomic mass is 9.97. The first-order valence-electron chi connectivity index (χ1n) is 14.4. The molecule has 5 rings (SSSR count). The van der Waals surface area contributed by atoms with E-state index in [1.807, 2.05) is 48.2 Å². The molecule has 7 nitrogen and oxygen atoms in total. The second-order valence-electron chi connectivity index (χ2n) is 10.7. The quantitative estimate of drug-likeness (QED) is 0.251. The van der Waals surface area contributed by atoms with Gasteiger partial charge in [-0.3, -0.25) is 19.5 Å². The van der Waals surface area contributed by atoms with Gasteiger partial charge in [0.25, 0.3) is 0 Å². The third kappa shape index (κ3) is 7.50. The molecule has 4 aromatic rings. The van der Waals surface area contributed by atoms with Crippen LogP contribution in [0.15, 0.2) is 79.3 Å². The summed E-state index contributed by atoms with van der Waals surface area (Å²) >= 11 is 0. The highest BCUT2D eigenvalue weighted by molar-refractivity contribution is 5.97. The number of hydrogen-bond donors (Lipinski definition) is 0. The molecule has 41 heavy (non-hydrogen) atoms. The van der Waals surface area contributed by atoms with E-state index in [1.54, 1.807) is 18.6 Å². The van der Waals surface area contributed by atoms with E-state index in [4.69, 9.17) is 4.98 Å². The van der Waals surface area contributed by atoms with Crippen molar-refractivity contribution in [3.8, 4) is 11.3 Å². The number of amides is 1. The van der Waals surface area contributed by atoms with Gasteiger partial charge in [0.15, 0.2) is 5.78 Å². The van der Waals surface area contributed by atoms with Crippen LogP contribution in [0.5, 0.6) is 0 Å². The fourth-order valence-corrected chi connectivity index (χ4v) is 5.22. The predicted molar refractivity (Wildman–Crippen MR) is 160 cm³/mol. The van der Waals surface area contributed by atoms with E-state index in [2.05, 4.69) is 46.1 Å². The standard InChI is InChI=1S/C34H37N5O2/c1-3-5-34(41)39-18-16-38(17-19-39)24-26-9-11-28(12-10-26)32(40)21-27-8-7-25(2)30(20-27)22-33-36-15-13-31(37-33)29-6-4-14-35-23-29/h4,6-15,20,23H,3,5,16-19,21-22,24H2,1-2H3. The minimum absolute atomic E-state index is 0.101. The summed E-state index contributed by atoms with van der Waals surface area (Å²) in [5, 5.41) is 0. The first-order chi connectivity index (χ1) is 20.0. The van der Waals surface area contributed by atoms with Crippen LogP contribution in [-0.4, -0.2) is 62.6 Å². The number of piperazine rings is 1. The molecule has 3 heterocycles. The maximum absolute atomic E-state index is 13.1. The number of ketones is 1. The molecule has 0 atom stereocenters. The van der Waals surface area contributed by atoms with E-state index in [1.165, 1.54) is 5.56 Å². The zero-order valence-corrected chi connectivity index (χ0v) is 23.9. The number of benzene rings is 2. The van der Waals surface area contributed by atoms with E-state index in [0.717, 1.165) is 78.5 Å². The Kier molecular flexibility index (Phi) is 9.26. The van der Waals surface area contributed by atoms with Crippen LogP contribution in [0.25, 0.3) is 11.3 Å². The lowest BCUT2D eigenvalue weighted by molar-refractivity contribution is -0.133. The smallest absolute Gasteiger partial charge is 0.222 e. The molecule has 1 amide bonds. The van der Waals surface area contributed by atoms with Gasteiger partial charge in [0.2, 0.25) is 5.91 Å². The van der Waals surface area contributed by atoms with Crippen molar-refractivity contribution in [1.29, 1.82) is 0 Å². The molecule has 0 bridgehead atoms. The van der Waals surface area contributed by atoms with Gasteiger partial charge in [-0.1, -0.05) is 49.4 Å². The van der Waals surface area contributed by atoms with Crippen LogP contribution in [0.4, 0.5) is 0 Å². The average Bonchev–Trinajstić information content (AvgIpc) is 3.00. The molecule has 7 heteroatoms. The number of pyridine rings is 1. The number of rotatable bonds is 10. The molecule has 0 unspecified atom stereocenters. The van der Waals surface area contributed by atoms with Crippen molar-refractivity contribution in [2.45, 2.75) is 46.1 Å². The summed E-state index contributed by atoms with van der Waals surface area (Å²) in [6.07, 6.45) is 7.80. The first-order valence-corrected chi connectivity index (χ1v) is 14.4. The molecule has 2 aromatic heterocycles.